The lowest BCUT2D eigenvalue weighted by Crippen LogP contribution is -2.41. The second kappa shape index (κ2) is 8.88. The highest BCUT2D eigenvalue weighted by atomic mass is 16.7. The van der Waals surface area contributed by atoms with E-state index in [2.05, 4.69) is 41.5 Å². The molecule has 2 aliphatic rings. The molecule has 0 amide bonds. The zero-order chi connectivity index (χ0) is 18.5. The van der Waals surface area contributed by atoms with Crippen LogP contribution in [-0.2, 0) is 18.6 Å². The monoisotopic (exact) mass is 330 g/mol. The third-order valence-electron chi connectivity index (χ3n) is 3.79. The largest absolute Gasteiger partial charge is 0.454 e. The van der Waals surface area contributed by atoms with E-state index >= 15 is 0 Å². The Morgan fingerprint density at radius 2 is 1.09 bits per heavy atom. The van der Waals surface area contributed by atoms with E-state index < -0.39 is 7.12 Å². The summed E-state index contributed by atoms with van der Waals surface area (Å²) in [5.41, 5.74) is -0.106. The predicted molar refractivity (Wildman–Crippen MR) is 95.3 cm³/mol. The molecule has 0 aliphatic carbocycles. The van der Waals surface area contributed by atoms with Gasteiger partial charge in [-0.05, 0) is 48.2 Å². The summed E-state index contributed by atoms with van der Waals surface area (Å²) < 4.78 is 21.6. The summed E-state index contributed by atoms with van der Waals surface area (Å²) in [6, 6.07) is 0. The Hall–Kier alpha value is -0.0452. The van der Waals surface area contributed by atoms with Crippen LogP contribution >= 0.6 is 0 Å². The molecule has 134 valence electrons. The molecular weight excluding hydrogens is 297 g/mol. The Morgan fingerprint density at radius 1 is 0.783 bits per heavy atom. The maximum Gasteiger partial charge on any atom is 0.454 e. The molecule has 23 heavy (non-hydrogen) atoms. The van der Waals surface area contributed by atoms with Crippen molar-refractivity contribution >= 4 is 21.4 Å². The van der Waals surface area contributed by atoms with E-state index in [0.717, 1.165) is 13.2 Å². The molecule has 0 radical (unpaired) electrons. The van der Waals surface area contributed by atoms with Crippen LogP contribution in [0.5, 0.6) is 0 Å². The van der Waals surface area contributed by atoms with Crippen LogP contribution in [0.25, 0.3) is 0 Å². The summed E-state index contributed by atoms with van der Waals surface area (Å²) in [7, 11) is -1.23. The summed E-state index contributed by atoms with van der Waals surface area (Å²) in [4.78, 5) is 0. The SMILES string of the molecule is CB(O)O.CB1OC(C)(C)C(C)(C)O1.CB1OCC(C)(C)CO1. The highest BCUT2D eigenvalue weighted by Crippen LogP contribution is 2.36. The van der Waals surface area contributed by atoms with Crippen molar-refractivity contribution in [1.82, 2.24) is 0 Å². The highest BCUT2D eigenvalue weighted by Gasteiger charge is 2.48. The lowest BCUT2D eigenvalue weighted by molar-refractivity contribution is 0.00578. The molecule has 0 aromatic heterocycles. The minimum absolute atomic E-state index is 0.00183. The molecule has 2 rings (SSSR count). The molecule has 0 aromatic rings. The second-order valence-electron chi connectivity index (χ2n) is 7.81. The molecule has 2 heterocycles. The number of hydrogen-bond donors (Lipinski definition) is 2. The van der Waals surface area contributed by atoms with Crippen molar-refractivity contribution < 1.29 is 28.7 Å². The highest BCUT2D eigenvalue weighted by molar-refractivity contribution is 6.43. The first-order chi connectivity index (χ1) is 10.2. The van der Waals surface area contributed by atoms with Gasteiger partial charge in [0.1, 0.15) is 0 Å². The third-order valence-corrected chi connectivity index (χ3v) is 3.79. The maximum atomic E-state index is 7.61. The van der Waals surface area contributed by atoms with E-state index in [4.69, 9.17) is 28.7 Å². The zero-order valence-corrected chi connectivity index (χ0v) is 16.2. The fraction of sp³-hybridized carbons (Fsp3) is 1.00. The van der Waals surface area contributed by atoms with Crippen LogP contribution in [0.3, 0.4) is 0 Å². The van der Waals surface area contributed by atoms with E-state index in [1.54, 1.807) is 0 Å². The average molecular weight is 330 g/mol. The molecular formula is C14H33B3O6. The first-order valence-electron chi connectivity index (χ1n) is 8.13. The van der Waals surface area contributed by atoms with Crippen LogP contribution in [0, 0.1) is 5.41 Å². The van der Waals surface area contributed by atoms with Crippen LogP contribution in [0.2, 0.25) is 20.5 Å². The topological polar surface area (TPSA) is 77.4 Å². The molecule has 0 spiro atoms. The van der Waals surface area contributed by atoms with Crippen molar-refractivity contribution in [2.45, 2.75) is 73.2 Å². The first-order valence-corrected chi connectivity index (χ1v) is 8.13. The van der Waals surface area contributed by atoms with Gasteiger partial charge in [-0.15, -0.1) is 0 Å². The lowest BCUT2D eigenvalue weighted by atomic mass is 9.86. The molecule has 2 aliphatic heterocycles. The van der Waals surface area contributed by atoms with Gasteiger partial charge < -0.3 is 28.7 Å². The van der Waals surface area contributed by atoms with E-state index in [0.29, 0.717) is 0 Å². The molecule has 2 N–H and O–H groups in total. The van der Waals surface area contributed by atoms with Gasteiger partial charge in [0.25, 0.3) is 0 Å². The van der Waals surface area contributed by atoms with Crippen LogP contribution in [0.4, 0.5) is 0 Å². The quantitative estimate of drug-likeness (QED) is 0.662. The van der Waals surface area contributed by atoms with E-state index in [1.165, 1.54) is 6.82 Å². The average Bonchev–Trinajstić information content (AvgIpc) is 2.50. The van der Waals surface area contributed by atoms with E-state index in [-0.39, 0.29) is 30.9 Å². The molecule has 0 aromatic carbocycles. The Bertz CT molecular complexity index is 321. The Labute approximate surface area is 142 Å². The van der Waals surface area contributed by atoms with Crippen molar-refractivity contribution in [2.24, 2.45) is 5.41 Å². The van der Waals surface area contributed by atoms with Gasteiger partial charge in [-0.2, -0.15) is 0 Å². The van der Waals surface area contributed by atoms with Crippen molar-refractivity contribution in [3.8, 4) is 0 Å². The molecule has 0 atom stereocenters. The van der Waals surface area contributed by atoms with Gasteiger partial charge in [0, 0.05) is 18.6 Å². The van der Waals surface area contributed by atoms with Gasteiger partial charge in [-0.3, -0.25) is 0 Å². The second-order valence-corrected chi connectivity index (χ2v) is 7.81. The standard InChI is InChI=1S/C7H15BO2.C6H13BO2.CH5BO2/c1-6(2)7(3,4)10-8(5)9-6;1-6(2)4-8-7(3)9-5-6;1-2(3)4/h1-5H3;4-5H2,1-3H3;3-4H,1H3. The zero-order valence-electron chi connectivity index (χ0n) is 16.2. The van der Waals surface area contributed by atoms with Crippen molar-refractivity contribution in [2.75, 3.05) is 13.2 Å². The van der Waals surface area contributed by atoms with E-state index in [9.17, 15) is 0 Å². The summed E-state index contributed by atoms with van der Waals surface area (Å²) in [6.45, 7) is 19.2. The van der Waals surface area contributed by atoms with Crippen molar-refractivity contribution in [1.29, 1.82) is 0 Å². The first kappa shape index (κ1) is 23.0. The summed E-state index contributed by atoms with van der Waals surface area (Å²) in [6.07, 6.45) is 0. The molecule has 6 nitrogen and oxygen atoms in total. The molecule has 9 heteroatoms. The minimum Gasteiger partial charge on any atom is -0.427 e. The summed E-state index contributed by atoms with van der Waals surface area (Å²) >= 11 is 0. The Morgan fingerprint density at radius 3 is 1.26 bits per heavy atom. The van der Waals surface area contributed by atoms with Gasteiger partial charge in [-0.25, -0.2) is 0 Å². The fourth-order valence-electron chi connectivity index (χ4n) is 1.91. The van der Waals surface area contributed by atoms with E-state index in [1.807, 2.05) is 13.6 Å². The maximum absolute atomic E-state index is 7.61. The van der Waals surface area contributed by atoms with Gasteiger partial charge >= 0.3 is 21.4 Å². The Balaban J connectivity index is 0.000000345. The predicted octanol–water partition coefficient (Wildman–Crippen LogP) is 1.97. The van der Waals surface area contributed by atoms with Crippen molar-refractivity contribution in [3.05, 3.63) is 0 Å². The molecule has 2 saturated heterocycles. The third kappa shape index (κ3) is 9.12. The van der Waals surface area contributed by atoms with Crippen LogP contribution in [0.1, 0.15) is 41.5 Å². The summed E-state index contributed by atoms with van der Waals surface area (Å²) in [5.74, 6) is 0. The van der Waals surface area contributed by atoms with Crippen LogP contribution < -0.4 is 0 Å². The van der Waals surface area contributed by atoms with Gasteiger partial charge in [-0.1, -0.05) is 13.8 Å². The van der Waals surface area contributed by atoms with Crippen LogP contribution in [0.15, 0.2) is 0 Å². The molecule has 0 saturated carbocycles. The molecule has 0 bridgehead atoms. The van der Waals surface area contributed by atoms with Crippen LogP contribution in [-0.4, -0.2) is 55.8 Å². The smallest absolute Gasteiger partial charge is 0.427 e. The van der Waals surface area contributed by atoms with Gasteiger partial charge in [0.15, 0.2) is 0 Å². The number of rotatable bonds is 0. The fourth-order valence-corrected chi connectivity index (χ4v) is 1.91. The minimum atomic E-state index is -1.17. The number of hydrogen-bond acceptors (Lipinski definition) is 6. The molecule has 0 unspecified atom stereocenters. The van der Waals surface area contributed by atoms with Crippen molar-refractivity contribution in [3.63, 3.8) is 0 Å². The molecule has 2 fully saturated rings. The normalized spacial score (nSPS) is 24.1. The lowest BCUT2D eigenvalue weighted by Gasteiger charge is -2.32. The Kier molecular flexibility index (Phi) is 8.86. The summed E-state index contributed by atoms with van der Waals surface area (Å²) in [5, 5.41) is 15.2. The van der Waals surface area contributed by atoms with Gasteiger partial charge in [0.05, 0.1) is 11.2 Å². The van der Waals surface area contributed by atoms with Gasteiger partial charge in [0.2, 0.25) is 0 Å².